The lowest BCUT2D eigenvalue weighted by Crippen LogP contribution is -2.25. The predicted molar refractivity (Wildman–Crippen MR) is 93.1 cm³/mol. The monoisotopic (exact) mass is 377 g/mol. The van der Waals surface area contributed by atoms with E-state index in [-0.39, 0.29) is 5.91 Å². The number of halogens is 1. The average molecular weight is 378 g/mol. The molecule has 2 heterocycles. The van der Waals surface area contributed by atoms with Gasteiger partial charge in [0, 0.05) is 24.3 Å². The number of hydrogen-bond donors (Lipinski definition) is 2. The molecule has 0 fully saturated rings. The van der Waals surface area contributed by atoms with Crippen molar-refractivity contribution in [2.45, 2.75) is 19.3 Å². The van der Waals surface area contributed by atoms with Gasteiger partial charge in [0.1, 0.15) is 5.82 Å². The second-order valence-electron chi connectivity index (χ2n) is 5.01. The second-order valence-corrected chi connectivity index (χ2v) is 7.55. The highest BCUT2D eigenvalue weighted by Crippen LogP contribution is 2.22. The topological polar surface area (TPSA) is 57.8 Å². The number of H-pyrrole nitrogens is 1. The summed E-state index contributed by atoms with van der Waals surface area (Å²) in [6.45, 7) is 0.673. The molecule has 1 aromatic carbocycles. The van der Waals surface area contributed by atoms with Gasteiger partial charge in [0.15, 0.2) is 0 Å². The number of carbonyl (C=O) groups excluding carboxylic acids is 1. The Bertz CT molecular complexity index is 747. The number of rotatable bonds is 6. The van der Waals surface area contributed by atoms with Crippen LogP contribution in [0.1, 0.15) is 17.1 Å². The van der Waals surface area contributed by atoms with Crippen LogP contribution in [-0.2, 0) is 17.6 Å². The van der Waals surface area contributed by atoms with E-state index in [0.29, 0.717) is 19.4 Å². The lowest BCUT2D eigenvalue weighted by atomic mass is 10.2. The molecule has 2 aromatic heterocycles. The molecule has 0 unspecified atom stereocenters. The summed E-state index contributed by atoms with van der Waals surface area (Å²) < 4.78 is 1.12. The molecular weight excluding hydrogens is 362 g/mol. The number of aromatic amines is 1. The van der Waals surface area contributed by atoms with Crippen molar-refractivity contribution >= 4 is 44.2 Å². The number of nitrogens with zero attached hydrogens (tertiary/aromatic N) is 1. The maximum Gasteiger partial charge on any atom is 0.220 e. The lowest BCUT2D eigenvalue weighted by molar-refractivity contribution is -0.121. The molecule has 0 aliphatic carbocycles. The first-order valence-corrected chi connectivity index (χ1v) is 8.76. The Morgan fingerprint density at radius 2 is 2.09 bits per heavy atom. The molecule has 22 heavy (non-hydrogen) atoms. The first-order chi connectivity index (χ1) is 10.7. The fourth-order valence-electron chi connectivity index (χ4n) is 2.26. The van der Waals surface area contributed by atoms with Crippen molar-refractivity contribution < 1.29 is 4.79 Å². The third-order valence-electron chi connectivity index (χ3n) is 3.35. The molecule has 2 N–H and O–H groups in total. The molecular formula is C16H16BrN3OS. The molecule has 0 bridgehead atoms. The van der Waals surface area contributed by atoms with E-state index >= 15 is 0 Å². The van der Waals surface area contributed by atoms with Crippen LogP contribution in [0.4, 0.5) is 0 Å². The first kappa shape index (κ1) is 15.2. The van der Waals surface area contributed by atoms with Gasteiger partial charge in [0.25, 0.3) is 0 Å². The van der Waals surface area contributed by atoms with E-state index in [1.54, 1.807) is 11.3 Å². The van der Waals surface area contributed by atoms with Crippen molar-refractivity contribution in [1.29, 1.82) is 0 Å². The number of aromatic nitrogens is 2. The number of benzene rings is 1. The van der Waals surface area contributed by atoms with Crippen LogP contribution in [0, 0.1) is 0 Å². The third kappa shape index (κ3) is 3.96. The summed E-state index contributed by atoms with van der Waals surface area (Å²) in [5.74, 6) is 0.926. The molecule has 0 aliphatic heterocycles. The van der Waals surface area contributed by atoms with E-state index in [1.165, 1.54) is 4.88 Å². The molecule has 3 rings (SSSR count). The molecule has 0 saturated carbocycles. The molecule has 0 atom stereocenters. The normalized spacial score (nSPS) is 11.0. The number of nitrogens with one attached hydrogen (secondary N) is 2. The van der Waals surface area contributed by atoms with Gasteiger partial charge in [0.2, 0.25) is 5.91 Å². The molecule has 114 valence electrons. The van der Waals surface area contributed by atoms with Gasteiger partial charge in [-0.15, -0.1) is 11.3 Å². The Morgan fingerprint density at radius 3 is 2.86 bits per heavy atom. The number of carbonyl (C=O) groups is 1. The van der Waals surface area contributed by atoms with Gasteiger partial charge < -0.3 is 10.3 Å². The summed E-state index contributed by atoms with van der Waals surface area (Å²) >= 11 is 5.14. The van der Waals surface area contributed by atoms with Crippen LogP contribution in [0.5, 0.6) is 0 Å². The molecule has 4 nitrogen and oxygen atoms in total. The number of thiophene rings is 1. The average Bonchev–Trinajstić information content (AvgIpc) is 3.11. The van der Waals surface area contributed by atoms with E-state index in [4.69, 9.17) is 0 Å². The third-order valence-corrected chi connectivity index (χ3v) is 5.03. The molecule has 1 amide bonds. The van der Waals surface area contributed by atoms with Gasteiger partial charge >= 0.3 is 0 Å². The van der Waals surface area contributed by atoms with Crippen molar-refractivity contribution in [1.82, 2.24) is 15.3 Å². The Morgan fingerprint density at radius 1 is 1.23 bits per heavy atom. The standard InChI is InChI=1S/C16H16BrN3OS/c17-14-6-5-11(22-14)9-10-18-16(21)8-7-15-19-12-3-1-2-4-13(12)20-15/h1-6H,7-10H2,(H,18,21)(H,19,20). The molecule has 3 aromatic rings. The Kier molecular flexibility index (Phi) is 4.90. The predicted octanol–water partition coefficient (Wildman–Crippen LogP) is 3.68. The number of para-hydroxylation sites is 2. The van der Waals surface area contributed by atoms with Gasteiger partial charge in [-0.2, -0.15) is 0 Å². The maximum atomic E-state index is 11.9. The van der Waals surface area contributed by atoms with Gasteiger partial charge in [-0.25, -0.2) is 4.98 Å². The second kappa shape index (κ2) is 7.07. The number of fused-ring (bicyclic) bond motifs is 1. The number of imidazole rings is 1. The molecule has 0 aliphatic rings. The number of hydrogen-bond acceptors (Lipinski definition) is 3. The SMILES string of the molecule is O=C(CCc1nc2ccccc2[nH]1)NCCc1ccc(Br)s1. The molecule has 0 saturated heterocycles. The van der Waals surface area contributed by atoms with E-state index in [0.717, 1.165) is 27.1 Å². The number of amides is 1. The number of aryl methyl sites for hydroxylation is 1. The van der Waals surface area contributed by atoms with Gasteiger partial charge in [0.05, 0.1) is 14.8 Å². The lowest BCUT2D eigenvalue weighted by Gasteiger charge is -2.03. The zero-order chi connectivity index (χ0) is 15.4. The van der Waals surface area contributed by atoms with Crippen molar-refractivity contribution in [2.75, 3.05) is 6.54 Å². The fourth-order valence-corrected chi connectivity index (χ4v) is 3.74. The van der Waals surface area contributed by atoms with E-state index in [2.05, 4.69) is 37.3 Å². The first-order valence-electron chi connectivity index (χ1n) is 7.15. The van der Waals surface area contributed by atoms with Crippen LogP contribution in [-0.4, -0.2) is 22.4 Å². The van der Waals surface area contributed by atoms with E-state index < -0.39 is 0 Å². The minimum Gasteiger partial charge on any atom is -0.356 e. The molecule has 6 heteroatoms. The van der Waals surface area contributed by atoms with Crippen molar-refractivity contribution in [3.63, 3.8) is 0 Å². The zero-order valence-electron chi connectivity index (χ0n) is 11.9. The Balaban J connectivity index is 1.43. The highest BCUT2D eigenvalue weighted by molar-refractivity contribution is 9.11. The molecule has 0 radical (unpaired) electrons. The van der Waals surface area contributed by atoms with Crippen molar-refractivity contribution in [2.24, 2.45) is 0 Å². The van der Waals surface area contributed by atoms with Crippen LogP contribution in [0.3, 0.4) is 0 Å². The van der Waals surface area contributed by atoms with Crippen LogP contribution < -0.4 is 5.32 Å². The highest BCUT2D eigenvalue weighted by Gasteiger charge is 2.06. The minimum atomic E-state index is 0.0658. The van der Waals surface area contributed by atoms with E-state index in [9.17, 15) is 4.79 Å². The Hall–Kier alpha value is -1.66. The van der Waals surface area contributed by atoms with Crippen LogP contribution in [0.25, 0.3) is 11.0 Å². The summed E-state index contributed by atoms with van der Waals surface area (Å²) in [5, 5.41) is 2.96. The van der Waals surface area contributed by atoms with Crippen molar-refractivity contribution in [3.05, 3.63) is 50.9 Å². The Labute approximate surface area is 141 Å². The summed E-state index contributed by atoms with van der Waals surface area (Å²) in [7, 11) is 0. The van der Waals surface area contributed by atoms with Gasteiger partial charge in [-0.05, 0) is 46.6 Å². The van der Waals surface area contributed by atoms with Crippen LogP contribution in [0.2, 0.25) is 0 Å². The summed E-state index contributed by atoms with van der Waals surface area (Å²) in [6.07, 6.45) is 1.95. The largest absolute Gasteiger partial charge is 0.356 e. The fraction of sp³-hybridized carbons (Fsp3) is 0.250. The zero-order valence-corrected chi connectivity index (χ0v) is 14.3. The molecule has 0 spiro atoms. The van der Waals surface area contributed by atoms with Crippen molar-refractivity contribution in [3.8, 4) is 0 Å². The smallest absolute Gasteiger partial charge is 0.220 e. The highest BCUT2D eigenvalue weighted by atomic mass is 79.9. The van der Waals surface area contributed by atoms with Crippen LogP contribution >= 0.6 is 27.3 Å². The minimum absolute atomic E-state index is 0.0658. The summed E-state index contributed by atoms with van der Waals surface area (Å²) in [4.78, 5) is 20.9. The maximum absolute atomic E-state index is 11.9. The van der Waals surface area contributed by atoms with Crippen LogP contribution in [0.15, 0.2) is 40.2 Å². The van der Waals surface area contributed by atoms with E-state index in [1.807, 2.05) is 30.3 Å². The van der Waals surface area contributed by atoms with Gasteiger partial charge in [-0.3, -0.25) is 4.79 Å². The van der Waals surface area contributed by atoms with Gasteiger partial charge in [-0.1, -0.05) is 12.1 Å². The quantitative estimate of drug-likeness (QED) is 0.688. The summed E-state index contributed by atoms with van der Waals surface area (Å²) in [5.41, 5.74) is 1.96. The summed E-state index contributed by atoms with van der Waals surface area (Å²) in [6, 6.07) is 12.0.